The lowest BCUT2D eigenvalue weighted by atomic mass is 9.82. The first-order valence-electron chi connectivity index (χ1n) is 7.13. The van der Waals surface area contributed by atoms with Crippen molar-refractivity contribution in [1.82, 2.24) is 5.32 Å². The van der Waals surface area contributed by atoms with Crippen molar-refractivity contribution in [3.05, 3.63) is 47.0 Å². The van der Waals surface area contributed by atoms with Gasteiger partial charge in [0.15, 0.2) is 0 Å². The van der Waals surface area contributed by atoms with Crippen molar-refractivity contribution in [3.63, 3.8) is 0 Å². The summed E-state index contributed by atoms with van der Waals surface area (Å²) in [5, 5.41) is 14.6. The molecule has 2 aliphatic rings. The molecule has 0 aliphatic carbocycles. The molecule has 5 nitrogen and oxygen atoms in total. The van der Waals surface area contributed by atoms with E-state index in [1.165, 1.54) is 0 Å². The highest BCUT2D eigenvalue weighted by atomic mass is 35.5. The van der Waals surface area contributed by atoms with Gasteiger partial charge in [0.25, 0.3) is 0 Å². The van der Waals surface area contributed by atoms with E-state index in [-0.39, 0.29) is 5.91 Å². The molecule has 22 heavy (non-hydrogen) atoms. The number of nitrogens with one attached hydrogen (secondary N) is 1. The van der Waals surface area contributed by atoms with Gasteiger partial charge in [-0.3, -0.25) is 4.79 Å². The molecule has 0 aromatic heterocycles. The molecule has 2 heterocycles. The highest BCUT2D eigenvalue weighted by Crippen LogP contribution is 2.38. The van der Waals surface area contributed by atoms with Crippen molar-refractivity contribution < 1.29 is 19.4 Å². The summed E-state index contributed by atoms with van der Waals surface area (Å²) in [6.07, 6.45) is 3.02. The van der Waals surface area contributed by atoms with E-state index in [4.69, 9.17) is 16.3 Å². The van der Waals surface area contributed by atoms with Gasteiger partial charge in [-0.05, 0) is 24.1 Å². The van der Waals surface area contributed by atoms with E-state index in [1.54, 1.807) is 18.2 Å². The van der Waals surface area contributed by atoms with E-state index < -0.39 is 30.0 Å². The van der Waals surface area contributed by atoms with Crippen molar-refractivity contribution >= 4 is 23.5 Å². The Morgan fingerprint density at radius 3 is 2.64 bits per heavy atom. The van der Waals surface area contributed by atoms with Crippen molar-refractivity contribution in [2.45, 2.75) is 18.6 Å². The molecular weight excluding hydrogens is 306 g/mol. The zero-order valence-electron chi connectivity index (χ0n) is 11.7. The minimum atomic E-state index is -1.24. The Hall–Kier alpha value is -1.85. The van der Waals surface area contributed by atoms with Gasteiger partial charge in [-0.25, -0.2) is 0 Å². The molecule has 3 rings (SSSR count). The lowest BCUT2D eigenvalue weighted by molar-refractivity contribution is -0.313. The molecule has 0 radical (unpaired) electrons. The quantitative estimate of drug-likeness (QED) is 0.792. The highest BCUT2D eigenvalue weighted by molar-refractivity contribution is 6.30. The maximum absolute atomic E-state index is 12.3. The molecule has 1 saturated heterocycles. The molecule has 1 aromatic rings. The number of rotatable bonds is 5. The maximum Gasteiger partial charge on any atom is 0.226 e. The van der Waals surface area contributed by atoms with Crippen LogP contribution in [0.25, 0.3) is 0 Å². The lowest BCUT2D eigenvalue weighted by Gasteiger charge is -2.24. The number of amides is 1. The van der Waals surface area contributed by atoms with Gasteiger partial charge >= 0.3 is 0 Å². The number of carbonyl (C=O) groups is 2. The summed E-state index contributed by atoms with van der Waals surface area (Å²) >= 11 is 5.90. The first kappa shape index (κ1) is 15.1. The Bertz CT molecular complexity index is 630. The number of carbonyl (C=O) groups excluding carboxylic acids is 2. The molecule has 0 spiro atoms. The average Bonchev–Trinajstić information content (AvgIpc) is 3.07. The summed E-state index contributed by atoms with van der Waals surface area (Å²) in [7, 11) is 0. The standard InChI is InChI=1S/C16H16ClNO4/c17-10-3-1-2-9(8-10)6-7-18-15(19)13-11-4-5-12(22-11)14(13)16(20)21/h1-5,8,11-14H,6-7H2,(H,18,19)(H,20,21)/p-1/t11-,12+,13+,14-/m0/s1. The van der Waals surface area contributed by atoms with Crippen LogP contribution in [0.15, 0.2) is 36.4 Å². The van der Waals surface area contributed by atoms with Crippen molar-refractivity contribution in [1.29, 1.82) is 0 Å². The maximum atomic E-state index is 12.3. The highest BCUT2D eigenvalue weighted by Gasteiger charge is 2.50. The van der Waals surface area contributed by atoms with E-state index in [0.29, 0.717) is 18.0 Å². The fourth-order valence-corrected chi connectivity index (χ4v) is 3.25. The molecule has 1 fully saturated rings. The number of carboxylic acids is 1. The summed E-state index contributed by atoms with van der Waals surface area (Å²) in [4.78, 5) is 23.5. The summed E-state index contributed by atoms with van der Waals surface area (Å²) in [6, 6.07) is 7.39. The smallest absolute Gasteiger partial charge is 0.226 e. The molecule has 116 valence electrons. The van der Waals surface area contributed by atoms with Crippen LogP contribution >= 0.6 is 11.6 Å². The number of carboxylic acid groups (broad SMARTS) is 1. The molecular formula is C16H15ClNO4-. The van der Waals surface area contributed by atoms with E-state index in [1.807, 2.05) is 18.2 Å². The zero-order valence-corrected chi connectivity index (χ0v) is 12.5. The van der Waals surface area contributed by atoms with Crippen LogP contribution in [-0.4, -0.2) is 30.6 Å². The second kappa shape index (κ2) is 6.10. The van der Waals surface area contributed by atoms with Crippen LogP contribution < -0.4 is 10.4 Å². The number of hydrogen-bond donors (Lipinski definition) is 1. The third kappa shape index (κ3) is 2.87. The Kier molecular flexibility index (Phi) is 4.18. The molecule has 0 saturated carbocycles. The SMILES string of the molecule is O=C([O-])[C@@H]1[C@H](C(=O)NCCc2cccc(Cl)c2)[C@@H]2C=C[C@H]1O2. The van der Waals surface area contributed by atoms with Gasteiger partial charge in [-0.1, -0.05) is 35.9 Å². The first-order chi connectivity index (χ1) is 10.6. The fourth-order valence-electron chi connectivity index (χ4n) is 3.04. The van der Waals surface area contributed by atoms with Gasteiger partial charge < -0.3 is 20.0 Å². The van der Waals surface area contributed by atoms with E-state index in [9.17, 15) is 14.7 Å². The van der Waals surface area contributed by atoms with E-state index in [2.05, 4.69) is 5.32 Å². The van der Waals surface area contributed by atoms with Crippen LogP contribution in [0.4, 0.5) is 0 Å². The minimum absolute atomic E-state index is 0.312. The van der Waals surface area contributed by atoms with Crippen molar-refractivity contribution in [2.24, 2.45) is 11.8 Å². The first-order valence-corrected chi connectivity index (χ1v) is 7.51. The normalized spacial score (nSPS) is 28.8. The van der Waals surface area contributed by atoms with Gasteiger partial charge in [0.1, 0.15) is 0 Å². The van der Waals surface area contributed by atoms with Gasteiger partial charge in [0.2, 0.25) is 5.91 Å². The van der Waals surface area contributed by atoms with E-state index in [0.717, 1.165) is 5.56 Å². The van der Waals surface area contributed by atoms with Crippen LogP contribution in [0, 0.1) is 11.8 Å². The largest absolute Gasteiger partial charge is 0.550 e. The van der Waals surface area contributed by atoms with Gasteiger partial charge in [0, 0.05) is 23.5 Å². The van der Waals surface area contributed by atoms with Crippen molar-refractivity contribution in [3.8, 4) is 0 Å². The van der Waals surface area contributed by atoms with Gasteiger partial charge in [-0.15, -0.1) is 0 Å². The molecule has 2 bridgehead atoms. The number of benzene rings is 1. The molecule has 1 aromatic carbocycles. The van der Waals surface area contributed by atoms with Crippen LogP contribution in [0.5, 0.6) is 0 Å². The Balaban J connectivity index is 1.58. The summed E-state index contributed by atoms with van der Waals surface area (Å²) in [5.41, 5.74) is 1.01. The Morgan fingerprint density at radius 2 is 1.95 bits per heavy atom. The predicted octanol–water partition coefficient (Wildman–Crippen LogP) is 0.318. The summed E-state index contributed by atoms with van der Waals surface area (Å²) in [6.45, 7) is 0.413. The molecule has 0 unspecified atom stereocenters. The summed E-state index contributed by atoms with van der Waals surface area (Å²) < 4.78 is 5.45. The molecule has 2 aliphatic heterocycles. The predicted molar refractivity (Wildman–Crippen MR) is 78.0 cm³/mol. The Labute approximate surface area is 132 Å². The van der Waals surface area contributed by atoms with Gasteiger partial charge in [0.05, 0.1) is 18.1 Å². The topological polar surface area (TPSA) is 78.5 Å². The molecule has 4 atom stereocenters. The summed E-state index contributed by atoms with van der Waals surface area (Å²) in [5.74, 6) is -3.19. The minimum Gasteiger partial charge on any atom is -0.550 e. The Morgan fingerprint density at radius 1 is 1.23 bits per heavy atom. The van der Waals surface area contributed by atoms with E-state index >= 15 is 0 Å². The molecule has 1 amide bonds. The fraction of sp³-hybridized carbons (Fsp3) is 0.375. The number of hydrogen-bond acceptors (Lipinski definition) is 4. The van der Waals surface area contributed by atoms with Crippen molar-refractivity contribution in [2.75, 3.05) is 6.54 Å². The monoisotopic (exact) mass is 320 g/mol. The number of ether oxygens (including phenoxy) is 1. The zero-order chi connectivity index (χ0) is 15.7. The third-order valence-electron chi connectivity index (χ3n) is 4.08. The average molecular weight is 321 g/mol. The van der Waals surface area contributed by atoms with Crippen LogP contribution in [0.2, 0.25) is 5.02 Å². The van der Waals surface area contributed by atoms with Crippen LogP contribution in [0.1, 0.15) is 5.56 Å². The second-order valence-corrected chi connectivity index (χ2v) is 5.93. The molecule has 1 N–H and O–H groups in total. The molecule has 6 heteroatoms. The number of fused-ring (bicyclic) bond motifs is 2. The number of aliphatic carboxylic acids is 1. The second-order valence-electron chi connectivity index (χ2n) is 5.49. The lowest BCUT2D eigenvalue weighted by Crippen LogP contribution is -2.47. The van der Waals surface area contributed by atoms with Crippen LogP contribution in [0.3, 0.4) is 0 Å². The third-order valence-corrected chi connectivity index (χ3v) is 4.31. The van der Waals surface area contributed by atoms with Crippen LogP contribution in [-0.2, 0) is 20.7 Å². The van der Waals surface area contributed by atoms with Gasteiger partial charge in [-0.2, -0.15) is 0 Å². The number of halogens is 1.